The molecule has 0 fully saturated rings. The van der Waals surface area contributed by atoms with Gasteiger partial charge in [0.05, 0.1) is 82.9 Å². The van der Waals surface area contributed by atoms with Crippen molar-refractivity contribution in [2.45, 2.75) is 38.9 Å². The maximum Gasteiger partial charge on any atom is 0.192 e. The number of fused-ring (bicyclic) bond motifs is 1. The van der Waals surface area contributed by atoms with Gasteiger partial charge in [-0.25, -0.2) is 4.98 Å². The third-order valence-electron chi connectivity index (χ3n) is 7.26. The van der Waals surface area contributed by atoms with Crippen molar-refractivity contribution in [1.29, 1.82) is 0 Å². The monoisotopic (exact) mass is 634 g/mol. The van der Waals surface area contributed by atoms with E-state index >= 15 is 0 Å². The molecule has 1 heterocycles. The SMILES string of the molecule is CNc1ccc(-c2nc3ccc(OCCOCCOCCOCCOCCOCCO[Si](C)(C)C(C)(C)C)cc3s2)cc1. The Balaban J connectivity index is 1.11. The summed E-state index contributed by atoms with van der Waals surface area (Å²) in [6.45, 7) is 17.7. The van der Waals surface area contributed by atoms with Crippen LogP contribution in [0, 0.1) is 0 Å². The summed E-state index contributed by atoms with van der Waals surface area (Å²) in [6.07, 6.45) is 0. The lowest BCUT2D eigenvalue weighted by molar-refractivity contribution is -0.0144. The first-order valence-electron chi connectivity index (χ1n) is 15.0. The highest BCUT2D eigenvalue weighted by atomic mass is 32.1. The van der Waals surface area contributed by atoms with Gasteiger partial charge in [0, 0.05) is 18.3 Å². The van der Waals surface area contributed by atoms with Gasteiger partial charge >= 0.3 is 0 Å². The lowest BCUT2D eigenvalue weighted by Crippen LogP contribution is -2.41. The summed E-state index contributed by atoms with van der Waals surface area (Å²) in [4.78, 5) is 4.76. The number of benzene rings is 2. The summed E-state index contributed by atoms with van der Waals surface area (Å²) in [5.74, 6) is 0.813. The van der Waals surface area contributed by atoms with Gasteiger partial charge in [-0.3, -0.25) is 0 Å². The second kappa shape index (κ2) is 18.7. The summed E-state index contributed by atoms with van der Waals surface area (Å²) in [6, 6.07) is 14.3. The van der Waals surface area contributed by atoms with Gasteiger partial charge in [-0.2, -0.15) is 0 Å². The first-order chi connectivity index (χ1) is 20.7. The number of ether oxygens (including phenoxy) is 6. The smallest absolute Gasteiger partial charge is 0.192 e. The Bertz CT molecular complexity index is 1180. The summed E-state index contributed by atoms with van der Waals surface area (Å²) in [5.41, 5.74) is 3.16. The van der Waals surface area contributed by atoms with E-state index in [9.17, 15) is 0 Å². The van der Waals surface area contributed by atoms with E-state index in [1.54, 1.807) is 11.3 Å². The van der Waals surface area contributed by atoms with Gasteiger partial charge in [0.25, 0.3) is 0 Å². The average molecular weight is 635 g/mol. The van der Waals surface area contributed by atoms with Crippen LogP contribution in [0.25, 0.3) is 20.8 Å². The van der Waals surface area contributed by atoms with E-state index in [-0.39, 0.29) is 5.04 Å². The van der Waals surface area contributed by atoms with Gasteiger partial charge in [-0.1, -0.05) is 20.8 Å². The molecule has 1 N–H and O–H groups in total. The molecule has 0 radical (unpaired) electrons. The molecule has 0 spiro atoms. The predicted molar refractivity (Wildman–Crippen MR) is 177 cm³/mol. The maximum absolute atomic E-state index is 6.09. The molecule has 0 aliphatic rings. The van der Waals surface area contributed by atoms with Crippen LogP contribution in [0.5, 0.6) is 5.75 Å². The first kappa shape index (κ1) is 35.4. The zero-order chi connectivity index (χ0) is 31.0. The van der Waals surface area contributed by atoms with Crippen molar-refractivity contribution >= 4 is 35.6 Å². The Labute approximate surface area is 262 Å². The van der Waals surface area contributed by atoms with Gasteiger partial charge in [0.1, 0.15) is 17.4 Å². The highest BCUT2D eigenvalue weighted by molar-refractivity contribution is 7.21. The van der Waals surface area contributed by atoms with Crippen molar-refractivity contribution in [3.63, 3.8) is 0 Å². The van der Waals surface area contributed by atoms with Crippen LogP contribution in [0.3, 0.4) is 0 Å². The highest BCUT2D eigenvalue weighted by Gasteiger charge is 2.36. The molecule has 0 bridgehead atoms. The molecular weight excluding hydrogens is 585 g/mol. The fourth-order valence-corrected chi connectivity index (χ4v) is 5.70. The number of nitrogens with zero attached hydrogens (tertiary/aromatic N) is 1. The first-order valence-corrected chi connectivity index (χ1v) is 18.8. The Hall–Kier alpha value is -2.09. The third-order valence-corrected chi connectivity index (χ3v) is 12.9. The molecule has 0 aliphatic carbocycles. The highest BCUT2D eigenvalue weighted by Crippen LogP contribution is 2.36. The fraction of sp³-hybridized carbons (Fsp3) is 0.594. The number of aromatic nitrogens is 1. The zero-order valence-corrected chi connectivity index (χ0v) is 28.6. The normalized spacial score (nSPS) is 12.2. The van der Waals surface area contributed by atoms with E-state index in [4.69, 9.17) is 37.8 Å². The lowest BCUT2D eigenvalue weighted by Gasteiger charge is -2.36. The molecule has 240 valence electrons. The molecule has 0 saturated heterocycles. The largest absolute Gasteiger partial charge is 0.491 e. The van der Waals surface area contributed by atoms with Crippen molar-refractivity contribution in [1.82, 2.24) is 4.98 Å². The second-order valence-corrected chi connectivity index (χ2v) is 17.3. The summed E-state index contributed by atoms with van der Waals surface area (Å²) in [5, 5.41) is 4.35. The standard InChI is InChI=1S/C32H50N2O7SSi/c1-32(2,3)43(5,6)41-24-22-39-20-18-37-16-14-35-13-15-36-17-19-38-21-23-40-28-11-12-29-30(25-28)42-31(34-29)26-7-9-27(33-4)10-8-26/h7-12,25,33H,13-24H2,1-6H3. The fourth-order valence-electron chi connectivity index (χ4n) is 3.67. The van der Waals surface area contributed by atoms with Crippen LogP contribution in [0.2, 0.25) is 18.1 Å². The quantitative estimate of drug-likeness (QED) is 0.0984. The van der Waals surface area contributed by atoms with E-state index in [0.29, 0.717) is 79.3 Å². The second-order valence-electron chi connectivity index (χ2n) is 11.5. The number of hydrogen-bond donors (Lipinski definition) is 1. The summed E-state index contributed by atoms with van der Waals surface area (Å²) < 4.78 is 40.9. The van der Waals surface area contributed by atoms with Gasteiger partial charge in [0.2, 0.25) is 0 Å². The molecule has 0 saturated carbocycles. The lowest BCUT2D eigenvalue weighted by atomic mass is 10.2. The number of thiazole rings is 1. The minimum Gasteiger partial charge on any atom is -0.491 e. The molecule has 9 nitrogen and oxygen atoms in total. The summed E-state index contributed by atoms with van der Waals surface area (Å²) >= 11 is 1.66. The number of nitrogens with one attached hydrogen (secondary N) is 1. The van der Waals surface area contributed by atoms with Crippen LogP contribution in [0.15, 0.2) is 42.5 Å². The molecule has 2 aromatic carbocycles. The van der Waals surface area contributed by atoms with Gasteiger partial charge in [-0.05, 0) is 60.6 Å². The molecule has 43 heavy (non-hydrogen) atoms. The van der Waals surface area contributed by atoms with Gasteiger partial charge in [-0.15, -0.1) is 11.3 Å². The number of rotatable bonds is 22. The van der Waals surface area contributed by atoms with E-state index in [0.717, 1.165) is 32.2 Å². The average Bonchev–Trinajstić information content (AvgIpc) is 3.41. The minimum atomic E-state index is -1.70. The topological polar surface area (TPSA) is 89.5 Å². The molecule has 1 aromatic heterocycles. The van der Waals surface area contributed by atoms with Gasteiger partial charge < -0.3 is 38.2 Å². The van der Waals surface area contributed by atoms with E-state index in [1.165, 1.54) is 0 Å². The Morgan fingerprint density at radius 2 is 1.21 bits per heavy atom. The molecule has 0 unspecified atom stereocenters. The summed E-state index contributed by atoms with van der Waals surface area (Å²) in [7, 11) is 0.217. The van der Waals surface area contributed by atoms with Crippen molar-refractivity contribution in [2.75, 3.05) is 91.6 Å². The molecule has 0 aliphatic heterocycles. The van der Waals surface area contributed by atoms with E-state index < -0.39 is 8.32 Å². The van der Waals surface area contributed by atoms with Crippen molar-refractivity contribution < 1.29 is 32.8 Å². The Kier molecular flexibility index (Phi) is 15.4. The van der Waals surface area contributed by atoms with Crippen LogP contribution in [-0.2, 0) is 28.1 Å². The maximum atomic E-state index is 6.09. The van der Waals surface area contributed by atoms with Crippen molar-refractivity contribution in [2.24, 2.45) is 0 Å². The molecule has 0 atom stereocenters. The Morgan fingerprint density at radius 1 is 0.698 bits per heavy atom. The molecule has 3 aromatic rings. The van der Waals surface area contributed by atoms with Crippen molar-refractivity contribution in [3.05, 3.63) is 42.5 Å². The zero-order valence-electron chi connectivity index (χ0n) is 26.7. The minimum absolute atomic E-state index is 0.219. The van der Waals surface area contributed by atoms with Crippen LogP contribution in [0.4, 0.5) is 5.69 Å². The van der Waals surface area contributed by atoms with Crippen LogP contribution < -0.4 is 10.1 Å². The molecule has 3 rings (SSSR count). The van der Waals surface area contributed by atoms with E-state index in [2.05, 4.69) is 63.4 Å². The van der Waals surface area contributed by atoms with Gasteiger partial charge in [0.15, 0.2) is 8.32 Å². The molecule has 0 amide bonds. The van der Waals surface area contributed by atoms with Crippen LogP contribution in [0.1, 0.15) is 20.8 Å². The molecule has 11 heteroatoms. The number of hydrogen-bond acceptors (Lipinski definition) is 10. The Morgan fingerprint density at radius 3 is 1.72 bits per heavy atom. The predicted octanol–water partition coefficient (Wildman–Crippen LogP) is 6.49. The van der Waals surface area contributed by atoms with Crippen LogP contribution >= 0.6 is 11.3 Å². The van der Waals surface area contributed by atoms with E-state index in [1.807, 2.05) is 25.2 Å². The number of anilines is 1. The molecular formula is C32H50N2O7SSi. The third kappa shape index (κ3) is 12.8. The van der Waals surface area contributed by atoms with Crippen LogP contribution in [-0.4, -0.2) is 99.6 Å². The van der Waals surface area contributed by atoms with Crippen molar-refractivity contribution in [3.8, 4) is 16.3 Å².